The number of carbonyl (C=O) groups excluding carboxylic acids is 1. The molecule has 0 saturated heterocycles. The fraction of sp³-hybridized carbons (Fsp3) is 0.462. The molecule has 0 heterocycles. The Morgan fingerprint density at radius 3 is 3.12 bits per heavy atom. The number of ether oxygens (including phenoxy) is 1. The minimum absolute atomic E-state index is 0.0998. The van der Waals surface area contributed by atoms with Crippen molar-refractivity contribution in [2.24, 2.45) is 0 Å². The summed E-state index contributed by atoms with van der Waals surface area (Å²) < 4.78 is 4.98. The summed E-state index contributed by atoms with van der Waals surface area (Å²) in [6.45, 7) is 2.29. The van der Waals surface area contributed by atoms with Gasteiger partial charge in [-0.25, -0.2) is 0 Å². The molecule has 1 atom stereocenters. The average molecular weight is 219 g/mol. The highest BCUT2D eigenvalue weighted by Gasteiger charge is 2.25. The Balaban J connectivity index is 2.09. The molecule has 0 fully saturated rings. The van der Waals surface area contributed by atoms with E-state index < -0.39 is 0 Å². The number of rotatable bonds is 3. The van der Waals surface area contributed by atoms with Crippen LogP contribution in [0.1, 0.15) is 36.8 Å². The van der Waals surface area contributed by atoms with E-state index in [1.165, 1.54) is 11.1 Å². The molecule has 2 N–H and O–H groups in total. The lowest BCUT2D eigenvalue weighted by Crippen LogP contribution is -2.08. The Kier molecular flexibility index (Phi) is 3.13. The van der Waals surface area contributed by atoms with Crippen molar-refractivity contribution in [3.05, 3.63) is 29.3 Å². The van der Waals surface area contributed by atoms with Crippen molar-refractivity contribution in [1.82, 2.24) is 0 Å². The highest BCUT2D eigenvalue weighted by atomic mass is 16.5. The topological polar surface area (TPSA) is 52.3 Å². The quantitative estimate of drug-likeness (QED) is 0.626. The Labute approximate surface area is 95.6 Å². The van der Waals surface area contributed by atoms with Gasteiger partial charge in [-0.15, -0.1) is 0 Å². The maximum Gasteiger partial charge on any atom is 0.306 e. The van der Waals surface area contributed by atoms with Gasteiger partial charge in [-0.05, 0) is 48.9 Å². The highest BCUT2D eigenvalue weighted by Crippen LogP contribution is 2.36. The van der Waals surface area contributed by atoms with Gasteiger partial charge < -0.3 is 10.5 Å². The van der Waals surface area contributed by atoms with Gasteiger partial charge in [-0.1, -0.05) is 6.07 Å². The van der Waals surface area contributed by atoms with Gasteiger partial charge in [0.1, 0.15) is 0 Å². The second-order valence-corrected chi connectivity index (χ2v) is 4.20. The third-order valence-corrected chi connectivity index (χ3v) is 3.09. The zero-order valence-electron chi connectivity index (χ0n) is 9.53. The lowest BCUT2D eigenvalue weighted by Gasteiger charge is -2.10. The molecule has 1 aliphatic carbocycles. The van der Waals surface area contributed by atoms with Gasteiger partial charge in [0.2, 0.25) is 0 Å². The van der Waals surface area contributed by atoms with Crippen LogP contribution >= 0.6 is 0 Å². The molecule has 1 aliphatic rings. The van der Waals surface area contributed by atoms with Gasteiger partial charge >= 0.3 is 5.97 Å². The molecule has 0 bridgehead atoms. The van der Waals surface area contributed by atoms with E-state index in [4.69, 9.17) is 10.5 Å². The molecule has 16 heavy (non-hydrogen) atoms. The van der Waals surface area contributed by atoms with E-state index in [9.17, 15) is 4.79 Å². The van der Waals surface area contributed by atoms with E-state index in [0.29, 0.717) is 18.9 Å². The molecule has 0 aliphatic heterocycles. The molecule has 1 aromatic rings. The van der Waals surface area contributed by atoms with E-state index in [0.717, 1.165) is 18.5 Å². The molecular formula is C13H17NO2. The Morgan fingerprint density at radius 2 is 2.38 bits per heavy atom. The molecule has 0 amide bonds. The monoisotopic (exact) mass is 219 g/mol. The van der Waals surface area contributed by atoms with Crippen molar-refractivity contribution in [1.29, 1.82) is 0 Å². The van der Waals surface area contributed by atoms with Gasteiger partial charge in [0, 0.05) is 5.69 Å². The molecule has 1 aromatic carbocycles. The first kappa shape index (κ1) is 11.0. The van der Waals surface area contributed by atoms with E-state index in [2.05, 4.69) is 0 Å². The first-order chi connectivity index (χ1) is 7.70. The average Bonchev–Trinajstić information content (AvgIpc) is 2.61. The van der Waals surface area contributed by atoms with Crippen molar-refractivity contribution in [3.63, 3.8) is 0 Å². The summed E-state index contributed by atoms with van der Waals surface area (Å²) in [5, 5.41) is 0. The first-order valence-electron chi connectivity index (χ1n) is 5.74. The Hall–Kier alpha value is -1.51. The second kappa shape index (κ2) is 4.56. The number of hydrogen-bond donors (Lipinski definition) is 1. The molecule has 0 saturated carbocycles. The lowest BCUT2D eigenvalue weighted by molar-refractivity contribution is -0.143. The predicted octanol–water partition coefficient (Wildman–Crippen LogP) is 2.25. The molecule has 0 spiro atoms. The number of carbonyl (C=O) groups is 1. The summed E-state index contributed by atoms with van der Waals surface area (Å²) in [5.41, 5.74) is 9.09. The number of fused-ring (bicyclic) bond motifs is 1. The number of anilines is 1. The number of hydrogen-bond acceptors (Lipinski definition) is 3. The molecule has 0 radical (unpaired) electrons. The third-order valence-electron chi connectivity index (χ3n) is 3.09. The third kappa shape index (κ3) is 2.18. The van der Waals surface area contributed by atoms with E-state index in [-0.39, 0.29) is 5.97 Å². The van der Waals surface area contributed by atoms with Crippen LogP contribution in [0.4, 0.5) is 5.69 Å². The summed E-state index contributed by atoms with van der Waals surface area (Å²) in [7, 11) is 0. The Bertz CT molecular complexity index is 401. The van der Waals surface area contributed by atoms with Crippen LogP contribution in [0.3, 0.4) is 0 Å². The smallest absolute Gasteiger partial charge is 0.306 e. The molecule has 1 unspecified atom stereocenters. The molecule has 3 heteroatoms. The fourth-order valence-corrected chi connectivity index (χ4v) is 2.36. The molecule has 0 aromatic heterocycles. The number of aryl methyl sites for hydroxylation is 1. The predicted molar refractivity (Wildman–Crippen MR) is 63.2 cm³/mol. The van der Waals surface area contributed by atoms with E-state index in [1.54, 1.807) is 0 Å². The zero-order chi connectivity index (χ0) is 11.5. The van der Waals surface area contributed by atoms with Crippen molar-refractivity contribution >= 4 is 11.7 Å². The standard InChI is InChI=1S/C13H17NO2/c1-2-16-13(15)8-10-4-3-9-7-11(14)5-6-12(9)10/h5-7,10H,2-4,8,14H2,1H3. The number of nitrogen functional groups attached to an aromatic ring is 1. The summed E-state index contributed by atoms with van der Waals surface area (Å²) in [6.07, 6.45) is 2.53. The van der Waals surface area contributed by atoms with E-state index in [1.807, 2.05) is 25.1 Å². The van der Waals surface area contributed by atoms with Crippen LogP contribution in [0, 0.1) is 0 Å². The number of esters is 1. The number of benzene rings is 1. The van der Waals surface area contributed by atoms with Gasteiger partial charge in [0.15, 0.2) is 0 Å². The Morgan fingerprint density at radius 1 is 1.56 bits per heavy atom. The van der Waals surface area contributed by atoms with Gasteiger partial charge in [0.05, 0.1) is 13.0 Å². The van der Waals surface area contributed by atoms with Crippen molar-refractivity contribution in [3.8, 4) is 0 Å². The van der Waals surface area contributed by atoms with Crippen LogP contribution < -0.4 is 5.73 Å². The van der Waals surface area contributed by atoms with Gasteiger partial charge in [-0.2, -0.15) is 0 Å². The van der Waals surface area contributed by atoms with Crippen LogP contribution in [0.15, 0.2) is 18.2 Å². The van der Waals surface area contributed by atoms with Crippen LogP contribution in [0.5, 0.6) is 0 Å². The SMILES string of the molecule is CCOC(=O)CC1CCc2cc(N)ccc21. The van der Waals surface area contributed by atoms with Gasteiger partial charge in [-0.3, -0.25) is 4.79 Å². The van der Waals surface area contributed by atoms with E-state index >= 15 is 0 Å². The second-order valence-electron chi connectivity index (χ2n) is 4.20. The number of nitrogens with two attached hydrogens (primary N) is 1. The molecular weight excluding hydrogens is 202 g/mol. The summed E-state index contributed by atoms with van der Waals surface area (Å²) in [4.78, 5) is 11.4. The fourth-order valence-electron chi connectivity index (χ4n) is 2.36. The summed E-state index contributed by atoms with van der Waals surface area (Å²) in [6, 6.07) is 5.96. The lowest BCUT2D eigenvalue weighted by atomic mass is 9.98. The first-order valence-corrected chi connectivity index (χ1v) is 5.74. The van der Waals surface area contributed by atoms with Gasteiger partial charge in [0.25, 0.3) is 0 Å². The summed E-state index contributed by atoms with van der Waals surface area (Å²) in [5.74, 6) is 0.215. The molecule has 3 nitrogen and oxygen atoms in total. The van der Waals surface area contributed by atoms with Crippen molar-refractivity contribution in [2.75, 3.05) is 12.3 Å². The molecule has 2 rings (SSSR count). The van der Waals surface area contributed by atoms with Crippen LogP contribution in [-0.4, -0.2) is 12.6 Å². The van der Waals surface area contributed by atoms with Crippen molar-refractivity contribution in [2.45, 2.75) is 32.1 Å². The largest absolute Gasteiger partial charge is 0.466 e. The maximum absolute atomic E-state index is 11.4. The molecule has 86 valence electrons. The summed E-state index contributed by atoms with van der Waals surface area (Å²) >= 11 is 0. The maximum atomic E-state index is 11.4. The van der Waals surface area contributed by atoms with Crippen LogP contribution in [-0.2, 0) is 16.0 Å². The van der Waals surface area contributed by atoms with Crippen molar-refractivity contribution < 1.29 is 9.53 Å². The zero-order valence-corrected chi connectivity index (χ0v) is 9.53. The minimum atomic E-state index is -0.0998. The normalized spacial score (nSPS) is 18.2. The minimum Gasteiger partial charge on any atom is -0.466 e. The van der Waals surface area contributed by atoms with Crippen LogP contribution in [0.2, 0.25) is 0 Å². The highest BCUT2D eigenvalue weighted by molar-refractivity contribution is 5.71. The van der Waals surface area contributed by atoms with Crippen LogP contribution in [0.25, 0.3) is 0 Å².